The molecule has 1 N–H and O–H groups in total. The van der Waals surface area contributed by atoms with Crippen molar-refractivity contribution < 1.29 is 9.52 Å². The molecule has 0 saturated heterocycles. The molecule has 1 heterocycles. The number of hydrogen-bond donors (Lipinski definition) is 1. The summed E-state index contributed by atoms with van der Waals surface area (Å²) in [6.45, 7) is 6.11. The van der Waals surface area contributed by atoms with E-state index in [-0.39, 0.29) is 5.95 Å². The van der Waals surface area contributed by atoms with Gasteiger partial charge in [0, 0.05) is 11.6 Å². The SMILES string of the molecule is Cc1ccc(N=Nc2cc(-c3ccc(C)c(C)c3)oc2O)cc1. The van der Waals surface area contributed by atoms with Gasteiger partial charge in [0.1, 0.15) is 5.76 Å². The van der Waals surface area contributed by atoms with E-state index >= 15 is 0 Å². The summed E-state index contributed by atoms with van der Waals surface area (Å²) < 4.78 is 5.40. The first-order chi connectivity index (χ1) is 11.0. The Balaban J connectivity index is 1.88. The van der Waals surface area contributed by atoms with Gasteiger partial charge < -0.3 is 9.52 Å². The van der Waals surface area contributed by atoms with Crippen LogP contribution in [0.15, 0.2) is 63.2 Å². The van der Waals surface area contributed by atoms with Gasteiger partial charge in [0.15, 0.2) is 5.69 Å². The molecule has 0 aliphatic heterocycles. The molecule has 0 fully saturated rings. The summed E-state index contributed by atoms with van der Waals surface area (Å²) in [6, 6.07) is 15.4. The molecule has 0 atom stereocenters. The van der Waals surface area contributed by atoms with E-state index in [1.165, 1.54) is 11.1 Å². The third kappa shape index (κ3) is 3.31. The Labute approximate surface area is 135 Å². The van der Waals surface area contributed by atoms with Crippen molar-refractivity contribution >= 4 is 11.4 Å². The molecular weight excluding hydrogens is 288 g/mol. The first kappa shape index (κ1) is 15.0. The highest BCUT2D eigenvalue weighted by atomic mass is 16.5. The molecule has 0 spiro atoms. The van der Waals surface area contributed by atoms with Crippen LogP contribution in [0.25, 0.3) is 11.3 Å². The van der Waals surface area contributed by atoms with Gasteiger partial charge in [-0.25, -0.2) is 0 Å². The van der Waals surface area contributed by atoms with Crippen molar-refractivity contribution in [2.45, 2.75) is 20.8 Å². The highest BCUT2D eigenvalue weighted by Crippen LogP contribution is 2.37. The van der Waals surface area contributed by atoms with E-state index in [0.717, 1.165) is 16.8 Å². The number of hydrogen-bond acceptors (Lipinski definition) is 4. The average molecular weight is 306 g/mol. The Morgan fingerprint density at radius 2 is 1.57 bits per heavy atom. The van der Waals surface area contributed by atoms with Crippen LogP contribution >= 0.6 is 0 Å². The molecule has 116 valence electrons. The fourth-order valence-corrected chi connectivity index (χ4v) is 2.20. The van der Waals surface area contributed by atoms with Crippen molar-refractivity contribution in [3.8, 4) is 17.3 Å². The molecule has 1 aromatic heterocycles. The lowest BCUT2D eigenvalue weighted by Crippen LogP contribution is -1.81. The largest absolute Gasteiger partial charge is 0.479 e. The quantitative estimate of drug-likeness (QED) is 0.604. The topological polar surface area (TPSA) is 58.1 Å². The normalized spacial score (nSPS) is 11.3. The second-order valence-corrected chi connectivity index (χ2v) is 5.64. The van der Waals surface area contributed by atoms with Crippen molar-refractivity contribution in [2.24, 2.45) is 10.2 Å². The summed E-state index contributed by atoms with van der Waals surface area (Å²) >= 11 is 0. The van der Waals surface area contributed by atoms with Crippen molar-refractivity contribution in [1.29, 1.82) is 0 Å². The summed E-state index contributed by atoms with van der Waals surface area (Å²) in [5.41, 5.74) is 5.49. The molecule has 0 aliphatic carbocycles. The van der Waals surface area contributed by atoms with E-state index in [2.05, 4.69) is 17.2 Å². The van der Waals surface area contributed by atoms with Crippen molar-refractivity contribution in [1.82, 2.24) is 0 Å². The van der Waals surface area contributed by atoms with E-state index in [1.54, 1.807) is 6.07 Å². The molecule has 4 heteroatoms. The zero-order chi connectivity index (χ0) is 16.4. The lowest BCUT2D eigenvalue weighted by molar-refractivity contribution is 0.339. The van der Waals surface area contributed by atoms with Crippen molar-refractivity contribution in [3.05, 3.63) is 65.2 Å². The maximum atomic E-state index is 9.92. The second kappa shape index (κ2) is 6.08. The Kier molecular flexibility index (Phi) is 3.98. The van der Waals surface area contributed by atoms with Gasteiger partial charge in [-0.05, 0) is 50.1 Å². The molecule has 0 saturated carbocycles. The number of nitrogens with zero attached hydrogens (tertiary/aromatic N) is 2. The summed E-state index contributed by atoms with van der Waals surface area (Å²) in [5, 5.41) is 18.1. The average Bonchev–Trinajstić information content (AvgIpc) is 2.90. The fourth-order valence-electron chi connectivity index (χ4n) is 2.20. The standard InChI is InChI=1S/C19H18N2O2/c1-12-4-8-16(9-5-12)20-21-17-11-18(23-19(17)22)15-7-6-13(2)14(3)10-15/h4-11,22H,1-3H3. The van der Waals surface area contributed by atoms with Gasteiger partial charge in [-0.3, -0.25) is 0 Å². The van der Waals surface area contributed by atoms with Crippen LogP contribution in [0.1, 0.15) is 16.7 Å². The van der Waals surface area contributed by atoms with Crippen LogP contribution in [0, 0.1) is 20.8 Å². The maximum absolute atomic E-state index is 9.92. The molecule has 0 aliphatic rings. The lowest BCUT2D eigenvalue weighted by Gasteiger charge is -2.01. The minimum absolute atomic E-state index is 0.228. The Hall–Kier alpha value is -2.88. The third-order valence-corrected chi connectivity index (χ3v) is 3.79. The zero-order valence-corrected chi connectivity index (χ0v) is 13.4. The Morgan fingerprint density at radius 1 is 0.826 bits per heavy atom. The van der Waals surface area contributed by atoms with E-state index in [9.17, 15) is 5.11 Å². The van der Waals surface area contributed by atoms with Gasteiger partial charge >= 0.3 is 5.95 Å². The Bertz CT molecular complexity index is 862. The molecule has 2 aromatic carbocycles. The highest BCUT2D eigenvalue weighted by molar-refractivity contribution is 5.65. The molecule has 0 unspecified atom stereocenters. The van der Waals surface area contributed by atoms with E-state index in [1.807, 2.05) is 56.3 Å². The number of aromatic hydroxyl groups is 1. The predicted molar refractivity (Wildman–Crippen MR) is 90.6 cm³/mol. The molecule has 0 amide bonds. The minimum Gasteiger partial charge on any atom is -0.479 e. The van der Waals surface area contributed by atoms with E-state index in [0.29, 0.717) is 11.4 Å². The van der Waals surface area contributed by atoms with E-state index in [4.69, 9.17) is 4.42 Å². The fraction of sp³-hybridized carbons (Fsp3) is 0.158. The van der Waals surface area contributed by atoms with Crippen LogP contribution in [0.2, 0.25) is 0 Å². The summed E-state index contributed by atoms with van der Waals surface area (Å²) in [5.74, 6) is 0.345. The second-order valence-electron chi connectivity index (χ2n) is 5.64. The van der Waals surface area contributed by atoms with Gasteiger partial charge in [0.05, 0.1) is 5.69 Å². The van der Waals surface area contributed by atoms with Crippen LogP contribution < -0.4 is 0 Å². The number of aryl methyl sites for hydroxylation is 3. The van der Waals surface area contributed by atoms with Crippen molar-refractivity contribution in [2.75, 3.05) is 0 Å². The van der Waals surface area contributed by atoms with Crippen LogP contribution in [0.5, 0.6) is 5.95 Å². The van der Waals surface area contributed by atoms with Crippen LogP contribution in [0.4, 0.5) is 11.4 Å². The number of benzene rings is 2. The lowest BCUT2D eigenvalue weighted by atomic mass is 10.1. The monoisotopic (exact) mass is 306 g/mol. The molecule has 3 rings (SSSR count). The summed E-state index contributed by atoms with van der Waals surface area (Å²) in [7, 11) is 0. The number of furan rings is 1. The first-order valence-corrected chi connectivity index (χ1v) is 7.42. The smallest absolute Gasteiger partial charge is 0.311 e. The van der Waals surface area contributed by atoms with Crippen LogP contribution in [-0.4, -0.2) is 5.11 Å². The van der Waals surface area contributed by atoms with Gasteiger partial charge in [0.25, 0.3) is 0 Å². The Morgan fingerprint density at radius 3 is 2.26 bits per heavy atom. The van der Waals surface area contributed by atoms with E-state index < -0.39 is 0 Å². The summed E-state index contributed by atoms with van der Waals surface area (Å²) in [6.07, 6.45) is 0. The number of azo groups is 1. The van der Waals surface area contributed by atoms with Gasteiger partial charge in [-0.2, -0.15) is 5.11 Å². The molecular formula is C19H18N2O2. The minimum atomic E-state index is -0.228. The molecule has 3 aromatic rings. The van der Waals surface area contributed by atoms with Crippen LogP contribution in [-0.2, 0) is 0 Å². The third-order valence-electron chi connectivity index (χ3n) is 3.79. The number of rotatable bonds is 3. The summed E-state index contributed by atoms with van der Waals surface area (Å²) in [4.78, 5) is 0. The molecule has 0 radical (unpaired) electrons. The zero-order valence-electron chi connectivity index (χ0n) is 13.4. The van der Waals surface area contributed by atoms with Crippen molar-refractivity contribution in [3.63, 3.8) is 0 Å². The van der Waals surface area contributed by atoms with Crippen LogP contribution in [0.3, 0.4) is 0 Å². The first-order valence-electron chi connectivity index (χ1n) is 7.42. The maximum Gasteiger partial charge on any atom is 0.311 e. The predicted octanol–water partition coefficient (Wildman–Crippen LogP) is 5.99. The van der Waals surface area contributed by atoms with Gasteiger partial charge in [0.2, 0.25) is 0 Å². The molecule has 23 heavy (non-hydrogen) atoms. The highest BCUT2D eigenvalue weighted by Gasteiger charge is 2.12. The molecule has 4 nitrogen and oxygen atoms in total. The van der Waals surface area contributed by atoms with Gasteiger partial charge in [-0.1, -0.05) is 29.8 Å². The van der Waals surface area contributed by atoms with Gasteiger partial charge in [-0.15, -0.1) is 5.11 Å². The molecule has 0 bridgehead atoms.